The number of carbonyl (C=O) groups excluding carboxylic acids is 1. The molecule has 0 bridgehead atoms. The van der Waals surface area contributed by atoms with Crippen molar-refractivity contribution < 1.29 is 4.79 Å². The Labute approximate surface area is 204 Å². The number of nitrogens with one attached hydrogen (secondary N) is 2. The zero-order valence-corrected chi connectivity index (χ0v) is 20.7. The van der Waals surface area contributed by atoms with E-state index in [0.29, 0.717) is 24.1 Å². The van der Waals surface area contributed by atoms with E-state index in [0.717, 1.165) is 55.3 Å². The van der Waals surface area contributed by atoms with Gasteiger partial charge in [0.25, 0.3) is 11.5 Å². The number of aromatic nitrogens is 2. The maximum absolute atomic E-state index is 13.2. The van der Waals surface area contributed by atoms with Crippen molar-refractivity contribution in [3.05, 3.63) is 69.1 Å². The van der Waals surface area contributed by atoms with Gasteiger partial charge < -0.3 is 15.2 Å². The van der Waals surface area contributed by atoms with Crippen molar-refractivity contribution in [2.45, 2.75) is 64.5 Å². The molecule has 1 aliphatic carbocycles. The predicted octanol–water partition coefficient (Wildman–Crippen LogP) is 5.05. The second-order valence-corrected chi connectivity index (χ2v) is 10.7. The van der Waals surface area contributed by atoms with Crippen LogP contribution < -0.4 is 16.2 Å². The van der Waals surface area contributed by atoms with Crippen molar-refractivity contribution in [3.63, 3.8) is 0 Å². The van der Waals surface area contributed by atoms with E-state index in [1.807, 2.05) is 34.5 Å². The van der Waals surface area contributed by atoms with Crippen LogP contribution in [0.5, 0.6) is 0 Å². The topological polar surface area (TPSA) is 76.0 Å². The average molecular weight is 477 g/mol. The zero-order chi connectivity index (χ0) is 23.7. The summed E-state index contributed by atoms with van der Waals surface area (Å²) in [5.41, 5.74) is 6.16. The summed E-state index contributed by atoms with van der Waals surface area (Å²) < 4.78 is 6.08. The van der Waals surface area contributed by atoms with Crippen LogP contribution in [0.4, 0.5) is 5.69 Å². The summed E-state index contributed by atoms with van der Waals surface area (Å²) in [5.74, 6) is 0.943. The Morgan fingerprint density at radius 1 is 1.15 bits per heavy atom. The highest BCUT2D eigenvalue weighted by atomic mass is 32.1. The van der Waals surface area contributed by atoms with Gasteiger partial charge in [-0.2, -0.15) is 0 Å². The quantitative estimate of drug-likeness (QED) is 0.522. The molecule has 3 heterocycles. The summed E-state index contributed by atoms with van der Waals surface area (Å²) >= 11 is 1.43. The van der Waals surface area contributed by atoms with E-state index in [2.05, 4.69) is 41.0 Å². The number of amides is 1. The molecule has 1 amide bonds. The molecule has 0 spiro atoms. The van der Waals surface area contributed by atoms with Crippen LogP contribution in [0.25, 0.3) is 11.1 Å². The van der Waals surface area contributed by atoms with Crippen molar-refractivity contribution in [1.82, 2.24) is 14.3 Å². The van der Waals surface area contributed by atoms with Crippen LogP contribution in [0.15, 0.2) is 46.8 Å². The molecule has 5 rings (SSSR count). The van der Waals surface area contributed by atoms with Gasteiger partial charge in [-0.25, -0.2) is 4.37 Å². The number of carbonyl (C=O) groups is 1. The molecule has 178 valence electrons. The summed E-state index contributed by atoms with van der Waals surface area (Å²) in [7, 11) is 0. The summed E-state index contributed by atoms with van der Waals surface area (Å²) in [5, 5.41) is 8.53. The van der Waals surface area contributed by atoms with Crippen LogP contribution in [0, 0.1) is 5.92 Å². The molecule has 2 aromatic heterocycles. The van der Waals surface area contributed by atoms with E-state index in [-0.39, 0.29) is 17.5 Å². The molecule has 1 fully saturated rings. The van der Waals surface area contributed by atoms with Crippen LogP contribution in [-0.2, 0) is 13.0 Å². The number of rotatable bonds is 6. The Kier molecular flexibility index (Phi) is 6.55. The van der Waals surface area contributed by atoms with Crippen LogP contribution in [0.1, 0.15) is 66.9 Å². The highest BCUT2D eigenvalue weighted by Gasteiger charge is 2.25. The van der Waals surface area contributed by atoms with Gasteiger partial charge in [0.2, 0.25) is 0 Å². The van der Waals surface area contributed by atoms with Crippen molar-refractivity contribution in [2.24, 2.45) is 5.92 Å². The molecule has 6 nitrogen and oxygen atoms in total. The Hall–Kier alpha value is -2.93. The minimum Gasteiger partial charge on any atom is -0.378 e. The third kappa shape index (κ3) is 4.80. The van der Waals surface area contributed by atoms with Gasteiger partial charge in [0, 0.05) is 53.6 Å². The maximum Gasteiger partial charge on any atom is 0.273 e. The third-order valence-corrected chi connectivity index (χ3v) is 7.61. The number of anilines is 1. The minimum absolute atomic E-state index is 0.0456. The largest absolute Gasteiger partial charge is 0.378 e. The zero-order valence-electron chi connectivity index (χ0n) is 19.8. The highest BCUT2D eigenvalue weighted by molar-refractivity contribution is 7.03. The van der Waals surface area contributed by atoms with Gasteiger partial charge >= 0.3 is 0 Å². The van der Waals surface area contributed by atoms with Gasteiger partial charge in [-0.15, -0.1) is 0 Å². The first-order valence-corrected chi connectivity index (χ1v) is 13.1. The van der Waals surface area contributed by atoms with Crippen molar-refractivity contribution in [2.75, 3.05) is 11.9 Å². The molecule has 0 saturated heterocycles. The fourth-order valence-corrected chi connectivity index (χ4v) is 5.81. The molecule has 7 heteroatoms. The molecule has 0 unspecified atom stereocenters. The van der Waals surface area contributed by atoms with E-state index in [1.54, 1.807) is 0 Å². The van der Waals surface area contributed by atoms with Gasteiger partial charge in [-0.1, -0.05) is 26.0 Å². The molecule has 0 radical (unpaired) electrons. The molecule has 3 aromatic rings. The predicted molar refractivity (Wildman–Crippen MR) is 138 cm³/mol. The summed E-state index contributed by atoms with van der Waals surface area (Å²) in [6.07, 6.45) is 8.94. The van der Waals surface area contributed by atoms with Crippen LogP contribution in [0.2, 0.25) is 0 Å². The molecule has 1 aliphatic heterocycles. The second-order valence-electron chi connectivity index (χ2n) is 10.0. The van der Waals surface area contributed by atoms with Crippen LogP contribution >= 0.6 is 11.5 Å². The standard InChI is InChI=1S/C27H32N4O2S/c1-17(2)14-31-15-21(22-13-29-34-16-22)12-25(27(31)33)30-23-6-3-18(4-7-23)19-5-8-24-20(11-19)9-10-28-26(24)32/h5,8,11-13,15-18,23,30H,3-4,6-7,9-10,14H2,1-2H3,(H,28,32). The number of hydrogen-bond donors (Lipinski definition) is 2. The second kappa shape index (κ2) is 9.74. The van der Waals surface area contributed by atoms with Crippen LogP contribution in [-0.4, -0.2) is 27.4 Å². The number of nitrogens with zero attached hydrogens (tertiary/aromatic N) is 2. The molecule has 34 heavy (non-hydrogen) atoms. The first kappa shape index (κ1) is 22.8. The van der Waals surface area contributed by atoms with E-state index < -0.39 is 0 Å². The Balaban J connectivity index is 1.30. The number of benzene rings is 1. The Morgan fingerprint density at radius 3 is 2.71 bits per heavy atom. The molecular formula is C27H32N4O2S. The fraction of sp³-hybridized carbons (Fsp3) is 0.444. The van der Waals surface area contributed by atoms with Gasteiger partial charge in [-0.05, 0) is 78.7 Å². The van der Waals surface area contributed by atoms with E-state index >= 15 is 0 Å². The minimum atomic E-state index is 0.0456. The van der Waals surface area contributed by atoms with Crippen molar-refractivity contribution in [3.8, 4) is 11.1 Å². The lowest BCUT2D eigenvalue weighted by atomic mass is 9.80. The SMILES string of the molecule is CC(C)Cn1cc(-c2cnsc2)cc(NC2CCC(c3ccc4c(c3)CCNC4=O)CC2)c1=O. The van der Waals surface area contributed by atoms with E-state index in [4.69, 9.17) is 0 Å². The van der Waals surface area contributed by atoms with E-state index in [9.17, 15) is 9.59 Å². The van der Waals surface area contributed by atoms with Crippen molar-refractivity contribution in [1.29, 1.82) is 0 Å². The molecule has 2 N–H and O–H groups in total. The maximum atomic E-state index is 13.2. The van der Waals surface area contributed by atoms with E-state index in [1.165, 1.54) is 22.7 Å². The highest BCUT2D eigenvalue weighted by Crippen LogP contribution is 2.35. The number of fused-ring (bicyclic) bond motifs is 1. The molecule has 1 aromatic carbocycles. The normalized spacial score (nSPS) is 20.1. The van der Waals surface area contributed by atoms with Crippen molar-refractivity contribution >= 4 is 23.1 Å². The summed E-state index contributed by atoms with van der Waals surface area (Å²) in [4.78, 5) is 25.3. The average Bonchev–Trinajstić information content (AvgIpc) is 3.37. The Bertz CT molecular complexity index is 1220. The smallest absolute Gasteiger partial charge is 0.273 e. The number of pyridine rings is 1. The molecule has 0 atom stereocenters. The van der Waals surface area contributed by atoms with Crippen LogP contribution in [0.3, 0.4) is 0 Å². The number of hydrogen-bond acceptors (Lipinski definition) is 5. The summed E-state index contributed by atoms with van der Waals surface area (Å²) in [6, 6.07) is 8.64. The first-order valence-electron chi connectivity index (χ1n) is 12.3. The van der Waals surface area contributed by atoms with Gasteiger partial charge in [-0.3, -0.25) is 9.59 Å². The Morgan fingerprint density at radius 2 is 1.97 bits per heavy atom. The lowest BCUT2D eigenvalue weighted by molar-refractivity contribution is 0.0946. The fourth-order valence-electron chi connectivity index (χ4n) is 5.27. The van der Waals surface area contributed by atoms with Gasteiger partial charge in [0.15, 0.2) is 0 Å². The summed E-state index contributed by atoms with van der Waals surface area (Å²) in [6.45, 7) is 5.68. The lowest BCUT2D eigenvalue weighted by Gasteiger charge is -2.31. The third-order valence-electron chi connectivity index (χ3n) is 7.03. The first-order chi connectivity index (χ1) is 16.5. The molecular weight excluding hydrogens is 444 g/mol. The lowest BCUT2D eigenvalue weighted by Crippen LogP contribution is -2.32. The van der Waals surface area contributed by atoms with Gasteiger partial charge in [0.05, 0.1) is 0 Å². The molecule has 1 saturated carbocycles. The molecule has 2 aliphatic rings. The van der Waals surface area contributed by atoms with Gasteiger partial charge in [0.1, 0.15) is 5.69 Å². The monoisotopic (exact) mass is 476 g/mol.